The van der Waals surface area contributed by atoms with Gasteiger partial charge in [-0.05, 0) is 9.91 Å². The molecule has 0 aliphatic carbocycles. The molecule has 0 saturated heterocycles. The molecule has 0 radical (unpaired) electrons. The number of nitrogens with zero attached hydrogens (tertiary/aromatic N) is 3. The summed E-state index contributed by atoms with van der Waals surface area (Å²) in [5.41, 5.74) is 3.60. The molecule has 0 aromatic carbocycles. The Morgan fingerprint density at radius 1 is 1.59 bits per heavy atom. The van der Waals surface area contributed by atoms with Crippen LogP contribution >= 0.6 is 0 Å². The minimum Gasteiger partial charge on any atom is -0.400 e. The van der Waals surface area contributed by atoms with Gasteiger partial charge in [0, 0.05) is 6.07 Å². The van der Waals surface area contributed by atoms with Crippen LogP contribution < -0.4 is 10.5 Å². The number of nitrogens with two attached hydrogens (primary N) is 1. The van der Waals surface area contributed by atoms with E-state index in [9.17, 15) is 23.3 Å². The third kappa shape index (κ3) is 2.94. The van der Waals surface area contributed by atoms with Gasteiger partial charge in [-0.2, -0.15) is 5.26 Å². The second kappa shape index (κ2) is 4.12. The number of rotatable bonds is 2. The first-order valence-electron chi connectivity index (χ1n) is 3.85. The molecule has 1 aromatic heterocycles. The fourth-order valence-corrected chi connectivity index (χ4v) is 0.929. The van der Waals surface area contributed by atoms with E-state index in [1.807, 2.05) is 0 Å². The molecule has 90 valence electrons. The summed E-state index contributed by atoms with van der Waals surface area (Å²) in [5, 5.41) is 18.9. The SMILES string of the molecule is N#Cc1nc([N+](=O)[O-])c(N)cc1OC(F)(F)F. The first kappa shape index (κ1) is 12.5. The Bertz CT molecular complexity index is 508. The number of ether oxygens (including phenoxy) is 1. The summed E-state index contributed by atoms with van der Waals surface area (Å²) in [5.74, 6) is -1.89. The molecule has 0 saturated carbocycles. The van der Waals surface area contributed by atoms with E-state index in [1.165, 1.54) is 6.07 Å². The van der Waals surface area contributed by atoms with Crippen LogP contribution in [0.3, 0.4) is 0 Å². The van der Waals surface area contributed by atoms with E-state index >= 15 is 0 Å². The van der Waals surface area contributed by atoms with Gasteiger partial charge in [0.25, 0.3) is 5.69 Å². The minimum absolute atomic E-state index is 0.525. The predicted octanol–water partition coefficient (Wildman–Crippen LogP) is 1.34. The first-order valence-corrected chi connectivity index (χ1v) is 3.85. The Balaban J connectivity index is 3.30. The van der Waals surface area contributed by atoms with Gasteiger partial charge in [-0.25, -0.2) is 0 Å². The normalized spacial score (nSPS) is 10.7. The summed E-state index contributed by atoms with van der Waals surface area (Å²) in [6.07, 6.45) is -5.05. The van der Waals surface area contributed by atoms with Crippen LogP contribution in [-0.2, 0) is 0 Å². The fraction of sp³-hybridized carbons (Fsp3) is 0.143. The van der Waals surface area contributed by atoms with E-state index in [2.05, 4.69) is 9.72 Å². The summed E-state index contributed by atoms with van der Waals surface area (Å²) >= 11 is 0. The van der Waals surface area contributed by atoms with Crippen molar-refractivity contribution in [3.05, 3.63) is 21.9 Å². The minimum atomic E-state index is -5.05. The standard InChI is InChI=1S/C7H3F3N4O3/c8-7(9,10)17-5-1-3(12)6(14(15)16)13-4(5)2-11/h1H,12H2. The van der Waals surface area contributed by atoms with Crippen molar-refractivity contribution in [1.82, 2.24) is 4.98 Å². The lowest BCUT2D eigenvalue weighted by atomic mass is 10.3. The smallest absolute Gasteiger partial charge is 0.400 e. The summed E-state index contributed by atoms with van der Waals surface area (Å²) in [7, 11) is 0. The van der Waals surface area contributed by atoms with Crippen LogP contribution in [0.1, 0.15) is 5.69 Å². The summed E-state index contributed by atoms with van der Waals surface area (Å²) in [6, 6.07) is 1.77. The van der Waals surface area contributed by atoms with Gasteiger partial charge in [-0.15, -0.1) is 13.2 Å². The zero-order valence-corrected chi connectivity index (χ0v) is 7.85. The quantitative estimate of drug-likeness (QED) is 0.623. The second-order valence-corrected chi connectivity index (χ2v) is 2.66. The molecule has 0 fully saturated rings. The lowest BCUT2D eigenvalue weighted by Gasteiger charge is -2.08. The molecule has 1 aromatic rings. The maximum Gasteiger partial charge on any atom is 0.573 e. The summed E-state index contributed by atoms with van der Waals surface area (Å²) in [4.78, 5) is 12.4. The van der Waals surface area contributed by atoms with Crippen molar-refractivity contribution in [3.8, 4) is 11.8 Å². The second-order valence-electron chi connectivity index (χ2n) is 2.66. The number of pyridine rings is 1. The molecule has 2 N–H and O–H groups in total. The largest absolute Gasteiger partial charge is 0.573 e. The molecule has 1 heterocycles. The molecular formula is C7H3F3N4O3. The monoisotopic (exact) mass is 248 g/mol. The molecule has 0 aliphatic heterocycles. The van der Waals surface area contributed by atoms with Crippen LogP contribution in [0.4, 0.5) is 24.7 Å². The zero-order chi connectivity index (χ0) is 13.2. The van der Waals surface area contributed by atoms with E-state index in [0.29, 0.717) is 6.07 Å². The molecule has 7 nitrogen and oxygen atoms in total. The molecule has 0 unspecified atom stereocenters. The third-order valence-electron chi connectivity index (χ3n) is 1.50. The molecule has 0 atom stereocenters. The topological polar surface area (TPSA) is 115 Å². The maximum absolute atomic E-state index is 11.9. The number of halogens is 3. The average molecular weight is 248 g/mol. The van der Waals surface area contributed by atoms with Gasteiger partial charge in [0.1, 0.15) is 5.69 Å². The predicted molar refractivity (Wildman–Crippen MR) is 46.7 cm³/mol. The molecular weight excluding hydrogens is 245 g/mol. The van der Waals surface area contributed by atoms with E-state index in [1.54, 1.807) is 0 Å². The van der Waals surface area contributed by atoms with Crippen LogP contribution in [0, 0.1) is 21.4 Å². The average Bonchev–Trinajstić information content (AvgIpc) is 2.14. The molecule has 17 heavy (non-hydrogen) atoms. The van der Waals surface area contributed by atoms with E-state index in [-0.39, 0.29) is 0 Å². The molecule has 0 spiro atoms. The number of hydrogen-bond acceptors (Lipinski definition) is 6. The maximum atomic E-state index is 11.9. The lowest BCUT2D eigenvalue weighted by molar-refractivity contribution is -0.388. The van der Waals surface area contributed by atoms with E-state index < -0.39 is 34.2 Å². The van der Waals surface area contributed by atoms with E-state index in [0.717, 1.165) is 0 Å². The molecule has 1 rings (SSSR count). The third-order valence-corrected chi connectivity index (χ3v) is 1.50. The number of aromatic nitrogens is 1. The van der Waals surface area contributed by atoms with Crippen molar-refractivity contribution in [2.75, 3.05) is 5.73 Å². The molecule has 0 aliphatic rings. The van der Waals surface area contributed by atoms with Gasteiger partial charge in [0.15, 0.2) is 11.8 Å². The highest BCUT2D eigenvalue weighted by Gasteiger charge is 2.34. The summed E-state index contributed by atoms with van der Waals surface area (Å²) < 4.78 is 39.2. The number of hydrogen-bond donors (Lipinski definition) is 1. The van der Waals surface area contributed by atoms with Crippen LogP contribution in [0.5, 0.6) is 5.75 Å². The van der Waals surface area contributed by atoms with Crippen molar-refractivity contribution < 1.29 is 22.8 Å². The van der Waals surface area contributed by atoms with Crippen LogP contribution in [0.15, 0.2) is 6.07 Å². The number of nitrogen functional groups attached to an aromatic ring is 1. The molecule has 0 amide bonds. The Morgan fingerprint density at radius 2 is 2.18 bits per heavy atom. The number of nitro groups is 1. The number of alkyl halides is 3. The Kier molecular flexibility index (Phi) is 3.03. The highest BCUT2D eigenvalue weighted by atomic mass is 19.4. The van der Waals surface area contributed by atoms with Crippen molar-refractivity contribution in [2.45, 2.75) is 6.36 Å². The lowest BCUT2D eigenvalue weighted by Crippen LogP contribution is -2.18. The first-order chi connectivity index (χ1) is 7.74. The van der Waals surface area contributed by atoms with Crippen molar-refractivity contribution in [1.29, 1.82) is 5.26 Å². The van der Waals surface area contributed by atoms with Gasteiger partial charge >= 0.3 is 12.2 Å². The van der Waals surface area contributed by atoms with Crippen LogP contribution in [0.25, 0.3) is 0 Å². The molecule has 10 heteroatoms. The Hall–Kier alpha value is -2.57. The number of anilines is 1. The van der Waals surface area contributed by atoms with Crippen molar-refractivity contribution in [2.24, 2.45) is 0 Å². The van der Waals surface area contributed by atoms with Gasteiger partial charge in [-0.3, -0.25) is 0 Å². The summed E-state index contributed by atoms with van der Waals surface area (Å²) in [6.45, 7) is 0. The van der Waals surface area contributed by atoms with Crippen LogP contribution in [0.2, 0.25) is 0 Å². The van der Waals surface area contributed by atoms with Gasteiger partial charge in [-0.1, -0.05) is 0 Å². The van der Waals surface area contributed by atoms with Crippen molar-refractivity contribution >= 4 is 11.5 Å². The van der Waals surface area contributed by atoms with Gasteiger partial charge in [0.2, 0.25) is 0 Å². The highest BCUT2D eigenvalue weighted by molar-refractivity contribution is 5.59. The van der Waals surface area contributed by atoms with Crippen LogP contribution in [-0.4, -0.2) is 16.3 Å². The zero-order valence-electron chi connectivity index (χ0n) is 7.85. The number of nitriles is 1. The van der Waals surface area contributed by atoms with E-state index in [4.69, 9.17) is 11.0 Å². The van der Waals surface area contributed by atoms with Gasteiger partial charge in [0.05, 0.1) is 0 Å². The molecule has 0 bridgehead atoms. The fourth-order valence-electron chi connectivity index (χ4n) is 0.929. The van der Waals surface area contributed by atoms with Crippen molar-refractivity contribution in [3.63, 3.8) is 0 Å². The Labute approximate surface area is 91.4 Å². The Morgan fingerprint density at radius 3 is 2.59 bits per heavy atom. The highest BCUT2D eigenvalue weighted by Crippen LogP contribution is 2.30. The van der Waals surface area contributed by atoms with Gasteiger partial charge < -0.3 is 20.6 Å².